The van der Waals surface area contributed by atoms with E-state index >= 15 is 0 Å². The lowest BCUT2D eigenvalue weighted by atomic mass is 9.92. The largest absolute Gasteiger partial charge is 0.310 e. The zero-order valence-electron chi connectivity index (χ0n) is 11.0. The number of nitriles is 1. The van der Waals surface area contributed by atoms with Crippen molar-refractivity contribution in [2.24, 2.45) is 5.92 Å². The van der Waals surface area contributed by atoms with Gasteiger partial charge in [-0.05, 0) is 36.6 Å². The maximum Gasteiger partial charge on any atom is 0.150 e. The van der Waals surface area contributed by atoms with Crippen molar-refractivity contribution in [1.29, 1.82) is 5.26 Å². The molecule has 2 atom stereocenters. The van der Waals surface area contributed by atoms with Crippen LogP contribution in [0.2, 0.25) is 0 Å². The second-order valence-electron chi connectivity index (χ2n) is 4.93. The maximum absolute atomic E-state index is 11.6. The van der Waals surface area contributed by atoms with Crippen LogP contribution in [-0.2, 0) is 9.84 Å². The Morgan fingerprint density at radius 3 is 2.58 bits per heavy atom. The first-order chi connectivity index (χ1) is 9.05. The lowest BCUT2D eigenvalue weighted by molar-refractivity contribution is 0.400. The molecule has 1 aliphatic rings. The van der Waals surface area contributed by atoms with Gasteiger partial charge in [-0.25, -0.2) is 8.42 Å². The summed E-state index contributed by atoms with van der Waals surface area (Å²) in [6.45, 7) is 2.81. The van der Waals surface area contributed by atoms with E-state index in [4.69, 9.17) is 5.26 Å². The van der Waals surface area contributed by atoms with Gasteiger partial charge in [0.15, 0.2) is 9.84 Å². The van der Waals surface area contributed by atoms with Gasteiger partial charge < -0.3 is 5.32 Å². The molecule has 0 bridgehead atoms. The van der Waals surface area contributed by atoms with E-state index in [1.807, 2.05) is 19.1 Å². The van der Waals surface area contributed by atoms with E-state index in [1.165, 1.54) is 0 Å². The van der Waals surface area contributed by atoms with Crippen LogP contribution >= 0.6 is 0 Å². The van der Waals surface area contributed by atoms with Crippen LogP contribution in [0.15, 0.2) is 24.3 Å². The number of sulfone groups is 1. The molecule has 4 nitrogen and oxygen atoms in total. The Morgan fingerprint density at radius 1 is 1.42 bits per heavy atom. The average molecular weight is 278 g/mol. The standard InChI is InChI=1S/C14H18N2O2S/c1-2-16-14(13-7-8-19(17,18)10-13)12-5-3-11(9-15)4-6-12/h3-6,13-14,16H,2,7-8,10H2,1H3. The number of hydrogen-bond acceptors (Lipinski definition) is 4. The van der Waals surface area contributed by atoms with E-state index < -0.39 is 9.84 Å². The van der Waals surface area contributed by atoms with Gasteiger partial charge in [-0.1, -0.05) is 19.1 Å². The molecule has 0 aliphatic carbocycles. The summed E-state index contributed by atoms with van der Waals surface area (Å²) in [5.41, 5.74) is 1.68. The van der Waals surface area contributed by atoms with Crippen LogP contribution in [0.4, 0.5) is 0 Å². The van der Waals surface area contributed by atoms with Crippen molar-refractivity contribution in [1.82, 2.24) is 5.32 Å². The number of hydrogen-bond donors (Lipinski definition) is 1. The highest BCUT2D eigenvalue weighted by Gasteiger charge is 2.33. The van der Waals surface area contributed by atoms with Crippen molar-refractivity contribution in [2.45, 2.75) is 19.4 Å². The summed E-state index contributed by atoms with van der Waals surface area (Å²) in [5.74, 6) is 0.665. The zero-order valence-corrected chi connectivity index (χ0v) is 11.8. The fourth-order valence-corrected chi connectivity index (χ4v) is 4.47. The number of rotatable bonds is 4. The van der Waals surface area contributed by atoms with Gasteiger partial charge in [0.05, 0.1) is 23.1 Å². The second kappa shape index (κ2) is 5.72. The minimum Gasteiger partial charge on any atom is -0.310 e. The molecule has 5 heteroatoms. The van der Waals surface area contributed by atoms with Crippen molar-refractivity contribution in [3.63, 3.8) is 0 Å². The molecule has 0 amide bonds. The van der Waals surface area contributed by atoms with Crippen LogP contribution in [0.3, 0.4) is 0 Å². The van der Waals surface area contributed by atoms with Crippen molar-refractivity contribution in [3.05, 3.63) is 35.4 Å². The quantitative estimate of drug-likeness (QED) is 0.909. The van der Waals surface area contributed by atoms with E-state index in [0.717, 1.165) is 12.1 Å². The second-order valence-corrected chi connectivity index (χ2v) is 7.16. The molecule has 1 aromatic rings. The van der Waals surface area contributed by atoms with Crippen LogP contribution in [0.5, 0.6) is 0 Å². The van der Waals surface area contributed by atoms with E-state index in [1.54, 1.807) is 12.1 Å². The molecule has 19 heavy (non-hydrogen) atoms. The highest BCUT2D eigenvalue weighted by molar-refractivity contribution is 7.91. The molecule has 2 rings (SSSR count). The lowest BCUT2D eigenvalue weighted by Crippen LogP contribution is -2.29. The minimum atomic E-state index is -2.87. The third-order valence-electron chi connectivity index (χ3n) is 3.56. The topological polar surface area (TPSA) is 70.0 Å². The van der Waals surface area contributed by atoms with Gasteiger partial charge in [0, 0.05) is 6.04 Å². The summed E-state index contributed by atoms with van der Waals surface area (Å²) in [6, 6.07) is 9.53. The molecule has 2 unspecified atom stereocenters. The fourth-order valence-electron chi connectivity index (χ4n) is 2.63. The van der Waals surface area contributed by atoms with Gasteiger partial charge in [-0.15, -0.1) is 0 Å². The van der Waals surface area contributed by atoms with Crippen molar-refractivity contribution >= 4 is 9.84 Å². The summed E-state index contributed by atoms with van der Waals surface area (Å²) in [6.07, 6.45) is 0.708. The van der Waals surface area contributed by atoms with Crippen molar-refractivity contribution in [2.75, 3.05) is 18.1 Å². The summed E-state index contributed by atoms with van der Waals surface area (Å²) < 4.78 is 23.2. The fraction of sp³-hybridized carbons (Fsp3) is 0.500. The smallest absolute Gasteiger partial charge is 0.150 e. The first-order valence-electron chi connectivity index (χ1n) is 6.49. The van der Waals surface area contributed by atoms with Gasteiger partial charge in [-0.3, -0.25) is 0 Å². The normalized spacial score (nSPS) is 22.8. The average Bonchev–Trinajstić information content (AvgIpc) is 2.76. The lowest BCUT2D eigenvalue weighted by Gasteiger charge is -2.24. The number of nitrogens with one attached hydrogen (secondary N) is 1. The molecule has 0 radical (unpaired) electrons. The minimum absolute atomic E-state index is 0.0509. The Hall–Kier alpha value is -1.38. The first kappa shape index (κ1) is 14.0. The van der Waals surface area contributed by atoms with Crippen LogP contribution in [0.1, 0.15) is 30.5 Å². The molecule has 1 heterocycles. The number of benzene rings is 1. The highest BCUT2D eigenvalue weighted by Crippen LogP contribution is 2.31. The van der Waals surface area contributed by atoms with Crippen molar-refractivity contribution in [3.8, 4) is 6.07 Å². The SMILES string of the molecule is CCNC(c1ccc(C#N)cc1)C1CCS(=O)(=O)C1. The molecule has 0 spiro atoms. The summed E-state index contributed by atoms with van der Waals surface area (Å²) in [7, 11) is -2.87. The van der Waals surface area contributed by atoms with Crippen LogP contribution in [0, 0.1) is 17.2 Å². The predicted octanol–water partition coefficient (Wildman–Crippen LogP) is 1.64. The third kappa shape index (κ3) is 3.34. The van der Waals surface area contributed by atoms with E-state index in [9.17, 15) is 8.42 Å². The van der Waals surface area contributed by atoms with E-state index in [-0.39, 0.29) is 23.5 Å². The monoisotopic (exact) mass is 278 g/mol. The Labute approximate surface area is 114 Å². The van der Waals surface area contributed by atoms with Crippen LogP contribution in [-0.4, -0.2) is 26.5 Å². The summed E-state index contributed by atoms with van der Waals surface area (Å²) >= 11 is 0. The van der Waals surface area contributed by atoms with Crippen LogP contribution < -0.4 is 5.32 Å². The van der Waals surface area contributed by atoms with E-state index in [0.29, 0.717) is 12.0 Å². The molecule has 0 saturated carbocycles. The predicted molar refractivity (Wildman–Crippen MR) is 74.3 cm³/mol. The Balaban J connectivity index is 2.22. The molecule has 1 aliphatic heterocycles. The summed E-state index contributed by atoms with van der Waals surface area (Å²) in [5, 5.41) is 12.2. The van der Waals surface area contributed by atoms with Gasteiger partial charge in [0.25, 0.3) is 0 Å². The molecule has 1 fully saturated rings. The van der Waals surface area contributed by atoms with E-state index in [2.05, 4.69) is 11.4 Å². The van der Waals surface area contributed by atoms with Crippen LogP contribution in [0.25, 0.3) is 0 Å². The number of nitrogens with zero attached hydrogens (tertiary/aromatic N) is 1. The molecular formula is C14H18N2O2S. The van der Waals surface area contributed by atoms with Gasteiger partial charge >= 0.3 is 0 Å². The molecule has 0 aromatic heterocycles. The van der Waals surface area contributed by atoms with Gasteiger partial charge in [0.2, 0.25) is 0 Å². The Kier molecular flexibility index (Phi) is 4.23. The molecule has 1 N–H and O–H groups in total. The third-order valence-corrected chi connectivity index (χ3v) is 5.36. The van der Waals surface area contributed by atoms with Gasteiger partial charge in [-0.2, -0.15) is 5.26 Å². The first-order valence-corrected chi connectivity index (χ1v) is 8.31. The molecule has 1 saturated heterocycles. The molecule has 102 valence electrons. The Bertz CT molecular complexity index is 572. The zero-order chi connectivity index (χ0) is 13.9. The highest BCUT2D eigenvalue weighted by atomic mass is 32.2. The van der Waals surface area contributed by atoms with Gasteiger partial charge in [0.1, 0.15) is 0 Å². The Morgan fingerprint density at radius 2 is 2.11 bits per heavy atom. The summed E-state index contributed by atoms with van der Waals surface area (Å²) in [4.78, 5) is 0. The molecule has 1 aromatic carbocycles. The maximum atomic E-state index is 11.6. The van der Waals surface area contributed by atoms with Crippen molar-refractivity contribution < 1.29 is 8.42 Å². The molecular weight excluding hydrogens is 260 g/mol.